The lowest BCUT2D eigenvalue weighted by atomic mass is 9.93. The van der Waals surface area contributed by atoms with Crippen LogP contribution in [-0.4, -0.2) is 37.1 Å². The SMILES string of the molecule is CCCC1CCCN(CC2CCCCCC2NCC)CC1. The first-order chi connectivity index (χ1) is 10.3. The lowest BCUT2D eigenvalue weighted by Crippen LogP contribution is -2.42. The molecule has 1 N–H and O–H groups in total. The summed E-state index contributed by atoms with van der Waals surface area (Å²) in [5, 5.41) is 3.78. The van der Waals surface area contributed by atoms with E-state index in [1.54, 1.807) is 0 Å². The first-order valence-corrected chi connectivity index (χ1v) is 9.79. The van der Waals surface area contributed by atoms with Crippen LogP contribution in [0, 0.1) is 11.8 Å². The molecule has 1 aliphatic carbocycles. The van der Waals surface area contributed by atoms with Gasteiger partial charge in [-0.1, -0.05) is 46.0 Å². The van der Waals surface area contributed by atoms with Gasteiger partial charge in [-0.2, -0.15) is 0 Å². The third kappa shape index (κ3) is 5.90. The van der Waals surface area contributed by atoms with Crippen LogP contribution in [0.5, 0.6) is 0 Å². The van der Waals surface area contributed by atoms with Gasteiger partial charge in [-0.05, 0) is 63.6 Å². The molecule has 0 bridgehead atoms. The molecular weight excluding hydrogens is 256 g/mol. The zero-order valence-electron chi connectivity index (χ0n) is 14.6. The second-order valence-electron chi connectivity index (χ2n) is 7.45. The van der Waals surface area contributed by atoms with Crippen molar-refractivity contribution >= 4 is 0 Å². The van der Waals surface area contributed by atoms with Crippen LogP contribution in [0.15, 0.2) is 0 Å². The van der Waals surface area contributed by atoms with Crippen molar-refractivity contribution in [2.45, 2.75) is 84.1 Å². The molecule has 1 saturated carbocycles. The molecule has 3 atom stereocenters. The van der Waals surface area contributed by atoms with Gasteiger partial charge in [0.2, 0.25) is 0 Å². The smallest absolute Gasteiger partial charge is 0.0107 e. The van der Waals surface area contributed by atoms with Gasteiger partial charge in [0.05, 0.1) is 0 Å². The summed E-state index contributed by atoms with van der Waals surface area (Å²) in [6.07, 6.45) is 14.4. The molecule has 3 unspecified atom stereocenters. The van der Waals surface area contributed by atoms with Crippen LogP contribution >= 0.6 is 0 Å². The maximum Gasteiger partial charge on any atom is 0.0107 e. The molecule has 2 nitrogen and oxygen atoms in total. The zero-order chi connectivity index (χ0) is 14.9. The van der Waals surface area contributed by atoms with Gasteiger partial charge >= 0.3 is 0 Å². The third-order valence-electron chi connectivity index (χ3n) is 5.76. The predicted molar refractivity (Wildman–Crippen MR) is 92.7 cm³/mol. The Hall–Kier alpha value is -0.0800. The van der Waals surface area contributed by atoms with Crippen molar-refractivity contribution in [3.63, 3.8) is 0 Å². The fourth-order valence-electron chi connectivity index (χ4n) is 4.57. The number of nitrogens with one attached hydrogen (secondary N) is 1. The van der Waals surface area contributed by atoms with Crippen molar-refractivity contribution in [1.82, 2.24) is 10.2 Å². The molecule has 1 aliphatic heterocycles. The monoisotopic (exact) mass is 294 g/mol. The van der Waals surface area contributed by atoms with Crippen LogP contribution in [0.3, 0.4) is 0 Å². The number of hydrogen-bond acceptors (Lipinski definition) is 2. The summed E-state index contributed by atoms with van der Waals surface area (Å²) in [5.41, 5.74) is 0. The van der Waals surface area contributed by atoms with Gasteiger partial charge in [0, 0.05) is 12.6 Å². The maximum absolute atomic E-state index is 3.78. The standard InChI is InChI=1S/C19H38N2/c1-3-9-17-10-8-14-21(15-13-17)16-18-11-6-5-7-12-19(18)20-4-2/h17-20H,3-16H2,1-2H3. The van der Waals surface area contributed by atoms with Crippen molar-refractivity contribution in [3.05, 3.63) is 0 Å². The zero-order valence-corrected chi connectivity index (χ0v) is 14.6. The molecule has 0 spiro atoms. The highest BCUT2D eigenvalue weighted by Crippen LogP contribution is 2.27. The van der Waals surface area contributed by atoms with Crippen molar-refractivity contribution in [3.8, 4) is 0 Å². The summed E-state index contributed by atoms with van der Waals surface area (Å²) in [6.45, 7) is 9.82. The first-order valence-electron chi connectivity index (χ1n) is 9.79. The Labute approximate surface area is 133 Å². The Morgan fingerprint density at radius 1 is 0.905 bits per heavy atom. The number of hydrogen-bond donors (Lipinski definition) is 1. The molecule has 124 valence electrons. The minimum Gasteiger partial charge on any atom is -0.314 e. The van der Waals surface area contributed by atoms with Gasteiger partial charge in [-0.15, -0.1) is 0 Å². The highest BCUT2D eigenvalue weighted by molar-refractivity contribution is 4.82. The molecule has 0 amide bonds. The van der Waals surface area contributed by atoms with E-state index in [-0.39, 0.29) is 0 Å². The minimum absolute atomic E-state index is 0.784. The fourth-order valence-corrected chi connectivity index (χ4v) is 4.57. The van der Waals surface area contributed by atoms with Crippen LogP contribution in [0.1, 0.15) is 78.1 Å². The van der Waals surface area contributed by atoms with Crippen LogP contribution in [0.4, 0.5) is 0 Å². The normalized spacial score (nSPS) is 32.6. The van der Waals surface area contributed by atoms with E-state index in [0.29, 0.717) is 0 Å². The Bertz CT molecular complexity index is 266. The molecule has 1 saturated heterocycles. The molecule has 0 aromatic carbocycles. The molecule has 2 rings (SSSR count). The van der Waals surface area contributed by atoms with Gasteiger partial charge in [-0.3, -0.25) is 0 Å². The average Bonchev–Trinajstić information content (AvgIpc) is 2.83. The molecular formula is C19H38N2. The van der Waals surface area contributed by atoms with Gasteiger partial charge in [0.1, 0.15) is 0 Å². The largest absolute Gasteiger partial charge is 0.314 e. The van der Waals surface area contributed by atoms with Crippen molar-refractivity contribution in [2.75, 3.05) is 26.2 Å². The van der Waals surface area contributed by atoms with E-state index < -0.39 is 0 Å². The van der Waals surface area contributed by atoms with Crippen molar-refractivity contribution in [1.29, 1.82) is 0 Å². The third-order valence-corrected chi connectivity index (χ3v) is 5.76. The van der Waals surface area contributed by atoms with E-state index in [1.807, 2.05) is 0 Å². The summed E-state index contributed by atoms with van der Waals surface area (Å²) >= 11 is 0. The molecule has 0 aromatic rings. The van der Waals surface area contributed by atoms with Gasteiger partial charge in [-0.25, -0.2) is 0 Å². The highest BCUT2D eigenvalue weighted by atomic mass is 15.1. The highest BCUT2D eigenvalue weighted by Gasteiger charge is 2.26. The molecule has 2 aliphatic rings. The fraction of sp³-hybridized carbons (Fsp3) is 1.00. The lowest BCUT2D eigenvalue weighted by Gasteiger charge is -2.31. The van der Waals surface area contributed by atoms with Crippen LogP contribution in [0.2, 0.25) is 0 Å². The van der Waals surface area contributed by atoms with E-state index in [9.17, 15) is 0 Å². The average molecular weight is 295 g/mol. The molecule has 2 heteroatoms. The second kappa shape index (κ2) is 9.84. The van der Waals surface area contributed by atoms with E-state index in [2.05, 4.69) is 24.1 Å². The Morgan fingerprint density at radius 3 is 2.57 bits per heavy atom. The number of likely N-dealkylation sites (tertiary alicyclic amines) is 1. The van der Waals surface area contributed by atoms with Crippen LogP contribution < -0.4 is 5.32 Å². The van der Waals surface area contributed by atoms with Crippen LogP contribution in [0.25, 0.3) is 0 Å². The van der Waals surface area contributed by atoms with Gasteiger partial charge in [0.25, 0.3) is 0 Å². The van der Waals surface area contributed by atoms with E-state index >= 15 is 0 Å². The van der Waals surface area contributed by atoms with Crippen molar-refractivity contribution in [2.24, 2.45) is 11.8 Å². The quantitative estimate of drug-likeness (QED) is 0.728. The first kappa shape index (κ1) is 17.3. The van der Waals surface area contributed by atoms with Gasteiger partial charge < -0.3 is 10.2 Å². The topological polar surface area (TPSA) is 15.3 Å². The summed E-state index contributed by atoms with van der Waals surface area (Å²) in [5.74, 6) is 1.91. The molecule has 0 radical (unpaired) electrons. The molecule has 1 heterocycles. The maximum atomic E-state index is 3.78. The predicted octanol–water partition coefficient (Wildman–Crippen LogP) is 4.45. The number of nitrogens with zero attached hydrogens (tertiary/aromatic N) is 1. The summed E-state index contributed by atoms with van der Waals surface area (Å²) < 4.78 is 0. The Morgan fingerprint density at radius 2 is 1.76 bits per heavy atom. The van der Waals surface area contributed by atoms with Crippen LogP contribution in [-0.2, 0) is 0 Å². The Kier molecular flexibility index (Phi) is 8.10. The van der Waals surface area contributed by atoms with Crippen molar-refractivity contribution < 1.29 is 0 Å². The molecule has 2 fully saturated rings. The molecule has 0 aromatic heterocycles. The van der Waals surface area contributed by atoms with E-state index in [0.717, 1.165) is 24.4 Å². The summed E-state index contributed by atoms with van der Waals surface area (Å²) in [4.78, 5) is 2.80. The van der Waals surface area contributed by atoms with E-state index in [1.165, 1.54) is 83.8 Å². The Balaban J connectivity index is 1.83. The minimum atomic E-state index is 0.784. The second-order valence-corrected chi connectivity index (χ2v) is 7.45. The molecule has 21 heavy (non-hydrogen) atoms. The number of rotatable bonds is 6. The summed E-state index contributed by atoms with van der Waals surface area (Å²) in [7, 11) is 0. The van der Waals surface area contributed by atoms with E-state index in [4.69, 9.17) is 0 Å². The van der Waals surface area contributed by atoms with Gasteiger partial charge in [0.15, 0.2) is 0 Å². The summed E-state index contributed by atoms with van der Waals surface area (Å²) in [6, 6.07) is 0.784. The lowest BCUT2D eigenvalue weighted by molar-refractivity contribution is 0.197.